The molecule has 2 rings (SSSR count). The summed E-state index contributed by atoms with van der Waals surface area (Å²) >= 11 is 3.27. The van der Waals surface area contributed by atoms with Gasteiger partial charge in [0.1, 0.15) is 17.7 Å². The summed E-state index contributed by atoms with van der Waals surface area (Å²) in [5.74, 6) is 0.160. The minimum absolute atomic E-state index is 0.303. The van der Waals surface area contributed by atoms with Crippen LogP contribution in [0, 0.1) is 5.82 Å². The van der Waals surface area contributed by atoms with Crippen molar-refractivity contribution in [3.05, 3.63) is 58.2 Å². The van der Waals surface area contributed by atoms with Gasteiger partial charge in [-0.2, -0.15) is 0 Å². The molecule has 0 fully saturated rings. The molecular weight excluding hydrogens is 275 g/mol. The molecule has 1 heterocycles. The predicted molar refractivity (Wildman–Crippen MR) is 61.5 cm³/mol. The average molecular weight is 285 g/mol. The van der Waals surface area contributed by atoms with Crippen molar-refractivity contribution in [2.24, 2.45) is 0 Å². The maximum Gasteiger partial charge on any atom is 0.146 e. The van der Waals surface area contributed by atoms with Crippen molar-refractivity contribution in [1.29, 1.82) is 0 Å². The highest BCUT2D eigenvalue weighted by Crippen LogP contribution is 2.27. The molecule has 4 heteroatoms. The zero-order valence-corrected chi connectivity index (χ0v) is 9.95. The van der Waals surface area contributed by atoms with Crippen LogP contribution in [0.15, 0.2) is 45.5 Å². The normalized spacial score (nSPS) is 12.7. The van der Waals surface area contributed by atoms with Gasteiger partial charge in [0.05, 0.1) is 10.7 Å². The van der Waals surface area contributed by atoms with Crippen molar-refractivity contribution in [2.45, 2.75) is 12.5 Å². The fourth-order valence-electron chi connectivity index (χ4n) is 1.52. The van der Waals surface area contributed by atoms with E-state index in [0.29, 0.717) is 12.2 Å². The predicted octanol–water partition coefficient (Wildman–Crippen LogP) is 3.46. The Balaban J connectivity index is 2.14. The van der Waals surface area contributed by atoms with E-state index in [9.17, 15) is 9.50 Å². The molecular formula is C12H10BrFO2. The van der Waals surface area contributed by atoms with Crippen LogP contribution in [-0.2, 0) is 6.42 Å². The Labute approximate surface area is 101 Å². The zero-order valence-electron chi connectivity index (χ0n) is 8.36. The van der Waals surface area contributed by atoms with Crippen LogP contribution < -0.4 is 0 Å². The van der Waals surface area contributed by atoms with Crippen molar-refractivity contribution in [3.8, 4) is 0 Å². The minimum Gasteiger partial charge on any atom is -0.465 e. The highest BCUT2D eigenvalue weighted by atomic mass is 79.9. The maximum atomic E-state index is 12.9. The molecule has 0 aliphatic heterocycles. The summed E-state index contributed by atoms with van der Waals surface area (Å²) in [6.07, 6.45) is 1.05. The molecule has 0 saturated carbocycles. The number of aliphatic hydroxyl groups is 1. The SMILES string of the molecule is OC(Cc1cccc(F)c1)c1occc1Br. The van der Waals surface area contributed by atoms with E-state index in [1.54, 1.807) is 18.2 Å². The first-order valence-corrected chi connectivity index (χ1v) is 5.61. The smallest absolute Gasteiger partial charge is 0.146 e. The van der Waals surface area contributed by atoms with Crippen molar-refractivity contribution >= 4 is 15.9 Å². The molecule has 1 atom stereocenters. The van der Waals surface area contributed by atoms with Crippen molar-refractivity contribution < 1.29 is 13.9 Å². The second-order valence-electron chi connectivity index (χ2n) is 3.48. The molecule has 1 unspecified atom stereocenters. The van der Waals surface area contributed by atoms with Gasteiger partial charge in [0.2, 0.25) is 0 Å². The molecule has 0 aliphatic carbocycles. The third-order valence-corrected chi connectivity index (χ3v) is 2.92. The van der Waals surface area contributed by atoms with E-state index in [0.717, 1.165) is 10.0 Å². The summed E-state index contributed by atoms with van der Waals surface area (Å²) in [5, 5.41) is 9.89. The van der Waals surface area contributed by atoms with Crippen LogP contribution in [-0.4, -0.2) is 5.11 Å². The summed E-state index contributed by atoms with van der Waals surface area (Å²) in [7, 11) is 0. The molecule has 2 nitrogen and oxygen atoms in total. The highest BCUT2D eigenvalue weighted by molar-refractivity contribution is 9.10. The molecule has 1 N–H and O–H groups in total. The number of hydrogen-bond acceptors (Lipinski definition) is 2. The Bertz CT molecular complexity index is 481. The quantitative estimate of drug-likeness (QED) is 0.937. The fourth-order valence-corrected chi connectivity index (χ4v) is 1.99. The molecule has 0 spiro atoms. The van der Waals surface area contributed by atoms with E-state index in [4.69, 9.17) is 4.42 Å². The topological polar surface area (TPSA) is 33.4 Å². The fraction of sp³-hybridized carbons (Fsp3) is 0.167. The first-order valence-electron chi connectivity index (χ1n) is 4.82. The third kappa shape index (κ3) is 2.51. The van der Waals surface area contributed by atoms with Crippen molar-refractivity contribution in [1.82, 2.24) is 0 Å². The monoisotopic (exact) mass is 284 g/mol. The molecule has 0 aliphatic rings. The average Bonchev–Trinajstić information content (AvgIpc) is 2.64. The number of halogens is 2. The first-order chi connectivity index (χ1) is 7.66. The lowest BCUT2D eigenvalue weighted by atomic mass is 10.1. The Hall–Kier alpha value is -1.13. The number of benzene rings is 1. The molecule has 16 heavy (non-hydrogen) atoms. The van der Waals surface area contributed by atoms with Gasteiger partial charge in [-0.3, -0.25) is 0 Å². The first kappa shape index (κ1) is 11.4. The molecule has 2 aromatic rings. The third-order valence-electron chi connectivity index (χ3n) is 2.27. The van der Waals surface area contributed by atoms with Crippen molar-refractivity contribution in [2.75, 3.05) is 0 Å². The van der Waals surface area contributed by atoms with Gasteiger partial charge in [-0.25, -0.2) is 4.39 Å². The molecule has 84 valence electrons. The molecule has 0 radical (unpaired) electrons. The van der Waals surface area contributed by atoms with E-state index >= 15 is 0 Å². The van der Waals surface area contributed by atoms with Gasteiger partial charge in [0, 0.05) is 6.42 Å². The Kier molecular flexibility index (Phi) is 3.41. The lowest BCUT2D eigenvalue weighted by molar-refractivity contribution is 0.149. The second kappa shape index (κ2) is 4.80. The molecule has 0 bridgehead atoms. The van der Waals surface area contributed by atoms with Crippen LogP contribution in [0.3, 0.4) is 0 Å². The lowest BCUT2D eigenvalue weighted by Crippen LogP contribution is -2.01. The molecule has 1 aromatic heterocycles. The highest BCUT2D eigenvalue weighted by Gasteiger charge is 2.15. The minimum atomic E-state index is -0.772. The van der Waals surface area contributed by atoms with E-state index in [1.165, 1.54) is 18.4 Å². The molecule has 0 saturated heterocycles. The van der Waals surface area contributed by atoms with Crippen LogP contribution in [0.1, 0.15) is 17.4 Å². The Morgan fingerprint density at radius 3 is 2.81 bits per heavy atom. The molecule has 1 aromatic carbocycles. The van der Waals surface area contributed by atoms with Gasteiger partial charge >= 0.3 is 0 Å². The van der Waals surface area contributed by atoms with E-state index in [1.807, 2.05) is 0 Å². The van der Waals surface area contributed by atoms with E-state index < -0.39 is 6.10 Å². The van der Waals surface area contributed by atoms with Gasteiger partial charge in [-0.15, -0.1) is 0 Å². The van der Waals surface area contributed by atoms with Crippen LogP contribution in [0.4, 0.5) is 4.39 Å². The second-order valence-corrected chi connectivity index (χ2v) is 4.34. The zero-order chi connectivity index (χ0) is 11.5. The number of aliphatic hydroxyl groups excluding tert-OH is 1. The van der Waals surface area contributed by atoms with Crippen LogP contribution >= 0.6 is 15.9 Å². The van der Waals surface area contributed by atoms with Crippen LogP contribution in [0.25, 0.3) is 0 Å². The maximum absolute atomic E-state index is 12.9. The van der Waals surface area contributed by atoms with E-state index in [2.05, 4.69) is 15.9 Å². The van der Waals surface area contributed by atoms with Gasteiger partial charge in [0.25, 0.3) is 0 Å². The van der Waals surface area contributed by atoms with Gasteiger partial charge in [-0.05, 0) is 39.7 Å². The largest absolute Gasteiger partial charge is 0.465 e. The summed E-state index contributed by atoms with van der Waals surface area (Å²) in [6.45, 7) is 0. The van der Waals surface area contributed by atoms with Crippen LogP contribution in [0.2, 0.25) is 0 Å². The lowest BCUT2D eigenvalue weighted by Gasteiger charge is -2.08. The Morgan fingerprint density at radius 2 is 2.19 bits per heavy atom. The van der Waals surface area contributed by atoms with E-state index in [-0.39, 0.29) is 5.82 Å². The number of hydrogen-bond donors (Lipinski definition) is 1. The summed E-state index contributed by atoms with van der Waals surface area (Å²) in [4.78, 5) is 0. The van der Waals surface area contributed by atoms with Crippen molar-refractivity contribution in [3.63, 3.8) is 0 Å². The summed E-state index contributed by atoms with van der Waals surface area (Å²) in [6, 6.07) is 7.88. The Morgan fingerprint density at radius 1 is 1.38 bits per heavy atom. The molecule has 0 amide bonds. The number of furan rings is 1. The summed E-state index contributed by atoms with van der Waals surface area (Å²) < 4.78 is 18.8. The summed E-state index contributed by atoms with van der Waals surface area (Å²) in [5.41, 5.74) is 0.732. The van der Waals surface area contributed by atoms with Gasteiger partial charge in [-0.1, -0.05) is 12.1 Å². The number of rotatable bonds is 3. The standard InChI is InChI=1S/C12H10BrFO2/c13-10-4-5-16-12(10)11(15)7-8-2-1-3-9(14)6-8/h1-6,11,15H,7H2. The van der Waals surface area contributed by atoms with Crippen LogP contribution in [0.5, 0.6) is 0 Å². The van der Waals surface area contributed by atoms with Gasteiger partial charge in [0.15, 0.2) is 0 Å². The van der Waals surface area contributed by atoms with Gasteiger partial charge < -0.3 is 9.52 Å².